The SMILES string of the molecule is CCCCCCCCCCCCCCCCNC(=O)CN(CC(N)=O)C(=O)CCCCCNC(=O)[C@H](Cc1ccccc1)NC(=O)[C@H](CCCNC(=N)N)NC(=O)[C@H](CS/C(=C\P(=O)(OCC)OCC)P(=O)(OCC)OCC)NC(=O)[C@H](CCCNC(=N)N)NC(=O)C[C@@H]1CCCN1C(=O)[C@@H](NC(=O)[C@H](Cc1cnc[nH]1)NC(=O)[C@@H](NC(=O)CNC(=O)CO)[C@@H](C)O)C(c1ccccc1)c1ccccc1. The van der Waals surface area contributed by atoms with Gasteiger partial charge in [-0.2, -0.15) is 0 Å². The van der Waals surface area contributed by atoms with Gasteiger partial charge in [-0.25, -0.2) is 4.98 Å². The molecule has 1 aliphatic rings. The molecule has 0 bridgehead atoms. The fourth-order valence-electron chi connectivity index (χ4n) is 15.8. The van der Waals surface area contributed by atoms with Gasteiger partial charge in [-0.15, -0.1) is 11.8 Å². The fourth-order valence-corrected chi connectivity index (χ4v) is 21.4. The molecule has 5 rings (SSSR count). The summed E-state index contributed by atoms with van der Waals surface area (Å²) in [6.45, 7) is 6.72. The van der Waals surface area contributed by atoms with Gasteiger partial charge in [0.05, 0.1) is 51.9 Å². The van der Waals surface area contributed by atoms with Crippen molar-refractivity contribution in [2.45, 2.75) is 275 Å². The predicted octanol–water partition coefficient (Wildman–Crippen LogP) is 5.47. The van der Waals surface area contributed by atoms with Crippen LogP contribution in [0.1, 0.15) is 230 Å². The largest absolute Gasteiger partial charge is 0.391 e. The number of hydrogen-bond donors (Lipinski definition) is 20. The Hall–Kier alpha value is -11.2. The molecule has 45 heteroatoms. The lowest BCUT2D eigenvalue weighted by molar-refractivity contribution is -0.139. The number of aromatic amines is 1. The van der Waals surface area contributed by atoms with Gasteiger partial charge >= 0.3 is 15.2 Å². The van der Waals surface area contributed by atoms with Gasteiger partial charge in [0.25, 0.3) is 0 Å². The van der Waals surface area contributed by atoms with Crippen LogP contribution in [0.15, 0.2) is 114 Å². The molecular weight excluding hydrogens is 1870 g/mol. The van der Waals surface area contributed by atoms with Gasteiger partial charge < -0.3 is 124 Å². The highest BCUT2D eigenvalue weighted by Gasteiger charge is 2.44. The molecule has 1 saturated heterocycles. The smallest absolute Gasteiger partial charge is 0.367 e. The average Bonchev–Trinajstić information content (AvgIpc) is 1.69. The highest BCUT2D eigenvalue weighted by Crippen LogP contribution is 2.65. The predicted molar refractivity (Wildman–Crippen MR) is 533 cm³/mol. The maximum atomic E-state index is 16.0. The number of nitrogens with one attached hydrogen (secondary N) is 15. The molecule has 0 aliphatic carbocycles. The minimum Gasteiger partial charge on any atom is -0.391 e. The molecule has 9 atom stereocenters. The first kappa shape index (κ1) is 119. The zero-order valence-electron chi connectivity index (χ0n) is 81.7. The number of primary amides is 1. The molecule has 0 unspecified atom stereocenters. The summed E-state index contributed by atoms with van der Waals surface area (Å²) in [7, 11) is -8.92. The summed E-state index contributed by atoms with van der Waals surface area (Å²) in [6, 6.07) is 14.0. The van der Waals surface area contributed by atoms with Crippen LogP contribution in [0.5, 0.6) is 0 Å². The van der Waals surface area contributed by atoms with Gasteiger partial charge in [0.2, 0.25) is 76.8 Å². The van der Waals surface area contributed by atoms with Crippen molar-refractivity contribution in [3.8, 4) is 0 Å². The Labute approximate surface area is 825 Å². The second kappa shape index (κ2) is 67.3. The van der Waals surface area contributed by atoms with E-state index in [0.717, 1.165) is 36.4 Å². The zero-order valence-corrected chi connectivity index (χ0v) is 84.3. The van der Waals surface area contributed by atoms with Crippen molar-refractivity contribution >= 4 is 116 Å². The first-order valence-electron chi connectivity index (χ1n) is 48.7. The third-order valence-corrected chi connectivity index (χ3v) is 28.8. The number of likely N-dealkylation sites (tertiary alicyclic amines) is 1. The molecule has 2 heterocycles. The van der Waals surface area contributed by atoms with Crippen LogP contribution in [0.4, 0.5) is 0 Å². The van der Waals surface area contributed by atoms with Crippen LogP contribution in [-0.4, -0.2) is 264 Å². The summed E-state index contributed by atoms with van der Waals surface area (Å²) < 4.78 is 52.0. The van der Waals surface area contributed by atoms with Crippen LogP contribution in [0.3, 0.4) is 0 Å². The number of amides is 13. The Bertz CT molecular complexity index is 4570. The van der Waals surface area contributed by atoms with E-state index in [-0.39, 0.29) is 115 Å². The van der Waals surface area contributed by atoms with E-state index in [4.69, 9.17) is 46.1 Å². The molecule has 23 N–H and O–H groups in total. The summed E-state index contributed by atoms with van der Waals surface area (Å²) in [4.78, 5) is 195. The number of hydrogen-bond acceptors (Lipinski definition) is 25. The number of thioether (sulfide) groups is 1. The lowest BCUT2D eigenvalue weighted by Crippen LogP contribution is -2.61. The first-order valence-corrected chi connectivity index (χ1v) is 52.8. The van der Waals surface area contributed by atoms with Crippen LogP contribution < -0.4 is 81.0 Å². The average molecular weight is 2020 g/mol. The summed E-state index contributed by atoms with van der Waals surface area (Å²) in [6.07, 6.45) is 18.0. The van der Waals surface area contributed by atoms with E-state index in [0.29, 0.717) is 66.4 Å². The van der Waals surface area contributed by atoms with E-state index in [1.807, 2.05) is 0 Å². The molecular formula is C95H151N21O21P2S. The maximum absolute atomic E-state index is 16.0. The van der Waals surface area contributed by atoms with Crippen molar-refractivity contribution in [1.82, 2.24) is 83.6 Å². The Morgan fingerprint density at radius 1 is 0.529 bits per heavy atom. The lowest BCUT2D eigenvalue weighted by atomic mass is 9.84. The number of aliphatic hydroxyl groups is 2. The van der Waals surface area contributed by atoms with Crippen LogP contribution in [0.2, 0.25) is 0 Å². The molecule has 1 aliphatic heterocycles. The van der Waals surface area contributed by atoms with Crippen LogP contribution in [0, 0.1) is 10.8 Å². The number of nitrogens with zero attached hydrogens (tertiary/aromatic N) is 3. The summed E-state index contributed by atoms with van der Waals surface area (Å²) in [5, 5.41) is 68.1. The number of benzene rings is 3. The molecule has 3 aromatic carbocycles. The van der Waals surface area contributed by atoms with E-state index >= 15 is 33.3 Å². The summed E-state index contributed by atoms with van der Waals surface area (Å²) in [5.74, 6) is -12.2. The van der Waals surface area contributed by atoms with Crippen molar-refractivity contribution < 1.29 is 99.8 Å². The van der Waals surface area contributed by atoms with E-state index in [1.165, 1.54) is 116 Å². The van der Waals surface area contributed by atoms with Crippen molar-refractivity contribution in [2.24, 2.45) is 17.2 Å². The normalized spacial score (nSPS) is 14.4. The Balaban J connectivity index is 1.47. The minimum absolute atomic E-state index is 0.0132. The number of carbonyl (C=O) groups excluding carboxylic acids is 13. The third-order valence-electron chi connectivity index (χ3n) is 22.8. The molecule has 4 aromatic rings. The summed E-state index contributed by atoms with van der Waals surface area (Å²) >= 11 is 0.587. The maximum Gasteiger partial charge on any atom is 0.367 e. The van der Waals surface area contributed by atoms with E-state index in [2.05, 4.69) is 80.7 Å². The molecule has 778 valence electrons. The molecule has 0 radical (unpaired) electrons. The Kier molecular flexibility index (Phi) is 57.3. The molecule has 1 aromatic heterocycles. The molecule has 42 nitrogen and oxygen atoms in total. The molecule has 0 saturated carbocycles. The monoisotopic (exact) mass is 2020 g/mol. The number of carbonyl (C=O) groups is 13. The molecule has 1 fully saturated rings. The second-order valence-corrected chi connectivity index (χ2v) is 39.3. The number of aliphatic hydroxyl groups excluding tert-OH is 2. The lowest BCUT2D eigenvalue weighted by Gasteiger charge is -2.35. The highest BCUT2D eigenvalue weighted by atomic mass is 32.2. The number of rotatable bonds is 73. The summed E-state index contributed by atoms with van der Waals surface area (Å²) in [5.41, 5.74) is 19.0. The highest BCUT2D eigenvalue weighted by molar-refractivity contribution is 8.10. The Morgan fingerprint density at radius 3 is 1.54 bits per heavy atom. The van der Waals surface area contributed by atoms with Crippen LogP contribution >= 0.6 is 27.0 Å². The topological polar surface area (TPSA) is 639 Å². The van der Waals surface area contributed by atoms with Crippen molar-refractivity contribution in [3.63, 3.8) is 0 Å². The van der Waals surface area contributed by atoms with Crippen molar-refractivity contribution in [3.05, 3.63) is 136 Å². The van der Waals surface area contributed by atoms with Crippen LogP contribution in [-0.2, 0) is 102 Å². The third kappa shape index (κ3) is 46.0. The van der Waals surface area contributed by atoms with Gasteiger partial charge in [0.15, 0.2) is 11.9 Å². The first-order chi connectivity index (χ1) is 67.2. The van der Waals surface area contributed by atoms with Gasteiger partial charge in [-0.05, 0) is 109 Å². The standard InChI is InChI=1S/C95H151N21O21P2S/c1-7-12-13-14-15-16-17-18-19-20-21-22-23-35-50-102-80(122)61-115(60-77(96)119)82(124)49-34-27-36-51-103-87(125)74(55-67-40-28-24-29-41-67)110-89(127)73(48-38-53-105-95(99)100)109-91(129)76(64-140-83(139(133,136-10-4)137-11-5)63-138(132,134-8-2)135-9-3)112-88(126)72(47-37-52-104-94(97)98)108-78(120)57-71-46-39-54-116(71)93(131)86(84(68-42-30-25-31-43-68)69-44-32-26-33-45-69)114-90(128)75(56-70-58-101-65-107-70)111-92(130)85(66(6)118)113-79(121)59-106-81(123)62-117/h24-26,28-33,40-45,58,63,65-66,71-76,84-86,117-118H,7-23,27,34-39,46-57,59-62,64H2,1-6H3,(H2,96,119)(H,101,107)(H,102,122)(H,103,125)(H,106,123)(H,108,120)(H,109,129)(H,110,127)(H,111,130)(H,112,126)(H,113,121)(H,114,128)(H4,97,98,104)(H4,99,100,105)/b83-63-/t66-,71+,72+,73+,74+,75+,76+,85+,86+/m1/s1. The van der Waals surface area contributed by atoms with Gasteiger partial charge in [-0.1, -0.05) is 188 Å². The number of nitrogens with two attached hydrogens (primary N) is 3. The van der Waals surface area contributed by atoms with Crippen molar-refractivity contribution in [1.29, 1.82) is 10.8 Å². The zero-order chi connectivity index (χ0) is 103. The number of H-pyrrole nitrogens is 1. The number of aromatic nitrogens is 2. The number of unbranched alkanes of at least 4 members (excludes halogenated alkanes) is 15. The molecule has 140 heavy (non-hydrogen) atoms. The number of guanidine groups is 2. The molecule has 0 spiro atoms. The fraction of sp³-hybridized carbons (Fsp3) is 0.600. The van der Waals surface area contributed by atoms with Gasteiger partial charge in [0.1, 0.15) is 60.1 Å². The molecule has 13 amide bonds. The van der Waals surface area contributed by atoms with E-state index in [1.54, 1.807) is 91.0 Å². The number of imidazole rings is 1. The van der Waals surface area contributed by atoms with E-state index < -0.39 is 196 Å². The van der Waals surface area contributed by atoms with E-state index in [9.17, 15) is 48.3 Å². The van der Waals surface area contributed by atoms with Crippen molar-refractivity contribution in [2.75, 3.05) is 91.1 Å². The quantitative estimate of drug-likeness (QED) is 0.0113. The van der Waals surface area contributed by atoms with Gasteiger partial charge in [0, 0.05) is 93.8 Å². The Morgan fingerprint density at radius 2 is 1.01 bits per heavy atom. The van der Waals surface area contributed by atoms with Gasteiger partial charge in [-0.3, -0.25) is 82.3 Å². The second-order valence-electron chi connectivity index (χ2n) is 34.1. The van der Waals surface area contributed by atoms with Crippen LogP contribution in [0.25, 0.3) is 0 Å². The minimum atomic E-state index is -4.56.